The highest BCUT2D eigenvalue weighted by molar-refractivity contribution is 7.86. The summed E-state index contributed by atoms with van der Waals surface area (Å²) >= 11 is 0. The molecule has 11 heavy (non-hydrogen) atoms. The smallest absolute Gasteiger partial charge is 0.254 e. The lowest BCUT2D eigenvalue weighted by atomic mass is 10.3. The summed E-state index contributed by atoms with van der Waals surface area (Å²) in [4.78, 5) is 0. The Morgan fingerprint density at radius 2 is 2.09 bits per heavy atom. The molecule has 0 heterocycles. The molecule has 1 unspecified atom stereocenters. The summed E-state index contributed by atoms with van der Waals surface area (Å²) in [5.74, 6) is 2.20. The average molecular weight is 176 g/mol. The number of terminal acetylenes is 1. The maximum absolute atomic E-state index is 10.8. The lowest BCUT2D eigenvalue weighted by Gasteiger charge is -2.07. The third kappa shape index (κ3) is 4.02. The molecule has 0 saturated carbocycles. The Morgan fingerprint density at radius 3 is 2.36 bits per heavy atom. The van der Waals surface area contributed by atoms with Crippen molar-refractivity contribution in [2.45, 2.75) is 26.4 Å². The van der Waals surface area contributed by atoms with Gasteiger partial charge in [-0.3, -0.25) is 4.18 Å². The van der Waals surface area contributed by atoms with Crippen LogP contribution < -0.4 is 0 Å². The van der Waals surface area contributed by atoms with Gasteiger partial charge in [-0.25, -0.2) is 0 Å². The molecule has 0 amide bonds. The summed E-state index contributed by atoms with van der Waals surface area (Å²) < 4.78 is 26.2. The number of hydrogen-bond acceptors (Lipinski definition) is 3. The van der Waals surface area contributed by atoms with Crippen LogP contribution in [0.25, 0.3) is 0 Å². The van der Waals surface area contributed by atoms with E-state index in [-0.39, 0.29) is 5.75 Å². The summed E-state index contributed by atoms with van der Waals surface area (Å²) in [5.41, 5.74) is 0. The molecule has 0 aliphatic rings. The van der Waals surface area contributed by atoms with Crippen molar-refractivity contribution in [2.24, 2.45) is 0 Å². The van der Waals surface area contributed by atoms with Crippen molar-refractivity contribution in [1.82, 2.24) is 0 Å². The molecule has 0 saturated heterocycles. The monoisotopic (exact) mass is 176 g/mol. The molecule has 0 aliphatic carbocycles. The van der Waals surface area contributed by atoms with Gasteiger partial charge in [-0.1, -0.05) is 12.8 Å². The molecule has 0 N–H and O–H groups in total. The van der Waals surface area contributed by atoms with Gasteiger partial charge in [0, 0.05) is 0 Å². The second kappa shape index (κ2) is 4.37. The third-order valence-corrected chi connectivity index (χ3v) is 2.41. The highest BCUT2D eigenvalue weighted by Gasteiger charge is 2.13. The molecule has 0 aromatic heterocycles. The van der Waals surface area contributed by atoms with Crippen LogP contribution in [0.3, 0.4) is 0 Å². The quantitative estimate of drug-likeness (QED) is 0.469. The lowest BCUT2D eigenvalue weighted by Crippen LogP contribution is -2.17. The molecule has 4 heteroatoms. The Labute approximate surface area is 67.9 Å². The topological polar surface area (TPSA) is 43.4 Å². The maximum Gasteiger partial charge on any atom is 0.268 e. The minimum Gasteiger partial charge on any atom is -0.254 e. The summed E-state index contributed by atoms with van der Waals surface area (Å²) in [6.45, 7) is 3.29. The zero-order valence-corrected chi connectivity index (χ0v) is 7.52. The Balaban J connectivity index is 4.15. The van der Waals surface area contributed by atoms with Gasteiger partial charge in [-0.15, -0.1) is 6.42 Å². The first-order valence-electron chi connectivity index (χ1n) is 3.42. The van der Waals surface area contributed by atoms with Gasteiger partial charge in [0.2, 0.25) is 0 Å². The first-order valence-corrected chi connectivity index (χ1v) is 5.00. The van der Waals surface area contributed by atoms with Crippen molar-refractivity contribution in [3.8, 4) is 12.3 Å². The van der Waals surface area contributed by atoms with E-state index in [0.717, 1.165) is 0 Å². The molecule has 0 aromatic carbocycles. The van der Waals surface area contributed by atoms with E-state index in [9.17, 15) is 8.42 Å². The summed E-state index contributed by atoms with van der Waals surface area (Å²) in [6, 6.07) is 0. The Kier molecular flexibility index (Phi) is 4.16. The van der Waals surface area contributed by atoms with Crippen molar-refractivity contribution in [3.05, 3.63) is 0 Å². The van der Waals surface area contributed by atoms with Gasteiger partial charge in [0.25, 0.3) is 10.1 Å². The Morgan fingerprint density at radius 1 is 1.55 bits per heavy atom. The SMILES string of the molecule is C#CC(CC)OS(=O)(=O)CC. The van der Waals surface area contributed by atoms with Gasteiger partial charge in [-0.2, -0.15) is 8.42 Å². The van der Waals surface area contributed by atoms with Crippen molar-refractivity contribution in [2.75, 3.05) is 5.75 Å². The van der Waals surface area contributed by atoms with Crippen LogP contribution >= 0.6 is 0 Å². The van der Waals surface area contributed by atoms with Gasteiger partial charge in [0.15, 0.2) is 0 Å². The van der Waals surface area contributed by atoms with Crippen LogP contribution in [0.15, 0.2) is 0 Å². The molecule has 0 aromatic rings. The van der Waals surface area contributed by atoms with E-state index in [4.69, 9.17) is 6.42 Å². The minimum atomic E-state index is -3.39. The van der Waals surface area contributed by atoms with Crippen LogP contribution in [0, 0.1) is 12.3 Å². The van der Waals surface area contributed by atoms with E-state index in [1.807, 2.05) is 0 Å². The predicted molar refractivity (Wildman–Crippen MR) is 43.5 cm³/mol. The molecule has 0 bridgehead atoms. The molecule has 3 nitrogen and oxygen atoms in total. The van der Waals surface area contributed by atoms with E-state index in [1.165, 1.54) is 6.92 Å². The molecular weight excluding hydrogens is 164 g/mol. The van der Waals surface area contributed by atoms with Gasteiger partial charge in [-0.05, 0) is 13.3 Å². The van der Waals surface area contributed by atoms with E-state index in [1.54, 1.807) is 6.92 Å². The molecular formula is C7H12O3S. The molecule has 0 radical (unpaired) electrons. The third-order valence-electron chi connectivity index (χ3n) is 1.17. The van der Waals surface area contributed by atoms with Gasteiger partial charge >= 0.3 is 0 Å². The van der Waals surface area contributed by atoms with Crippen LogP contribution in [-0.2, 0) is 14.3 Å². The second-order valence-electron chi connectivity index (χ2n) is 2.01. The van der Waals surface area contributed by atoms with Gasteiger partial charge in [0.1, 0.15) is 6.10 Å². The normalized spacial score (nSPS) is 13.9. The first-order chi connectivity index (χ1) is 5.05. The number of hydrogen-bond donors (Lipinski definition) is 0. The van der Waals surface area contributed by atoms with E-state index < -0.39 is 16.2 Å². The zero-order valence-electron chi connectivity index (χ0n) is 6.70. The first kappa shape index (κ1) is 10.5. The fraction of sp³-hybridized carbons (Fsp3) is 0.714. The van der Waals surface area contributed by atoms with E-state index in [2.05, 4.69) is 10.1 Å². The van der Waals surface area contributed by atoms with Crippen LogP contribution in [0.5, 0.6) is 0 Å². The lowest BCUT2D eigenvalue weighted by molar-refractivity contribution is 0.261. The van der Waals surface area contributed by atoms with E-state index >= 15 is 0 Å². The van der Waals surface area contributed by atoms with Crippen molar-refractivity contribution < 1.29 is 12.6 Å². The van der Waals surface area contributed by atoms with Crippen LogP contribution in [-0.4, -0.2) is 20.3 Å². The standard InChI is InChI=1S/C7H12O3S/c1-4-7(5-2)10-11(8,9)6-3/h1,7H,5-6H2,2-3H3. The summed E-state index contributed by atoms with van der Waals surface area (Å²) in [7, 11) is -3.39. The fourth-order valence-electron chi connectivity index (χ4n) is 0.459. The number of rotatable bonds is 4. The van der Waals surface area contributed by atoms with Crippen molar-refractivity contribution >= 4 is 10.1 Å². The molecule has 0 rings (SSSR count). The highest BCUT2D eigenvalue weighted by atomic mass is 32.2. The van der Waals surface area contributed by atoms with Gasteiger partial charge < -0.3 is 0 Å². The molecule has 0 spiro atoms. The maximum atomic E-state index is 10.8. The van der Waals surface area contributed by atoms with Crippen molar-refractivity contribution in [1.29, 1.82) is 0 Å². The fourth-order valence-corrected chi connectivity index (χ4v) is 1.14. The van der Waals surface area contributed by atoms with Crippen molar-refractivity contribution in [3.63, 3.8) is 0 Å². The molecule has 1 atom stereocenters. The minimum absolute atomic E-state index is 0.0365. The highest BCUT2D eigenvalue weighted by Crippen LogP contribution is 2.02. The largest absolute Gasteiger partial charge is 0.268 e. The average Bonchev–Trinajstić information content (AvgIpc) is 2.00. The predicted octanol–water partition coefficient (Wildman–Crippen LogP) is 0.765. The van der Waals surface area contributed by atoms with Crippen LogP contribution in [0.4, 0.5) is 0 Å². The van der Waals surface area contributed by atoms with Gasteiger partial charge in [0.05, 0.1) is 5.75 Å². The Hall–Kier alpha value is -0.530. The summed E-state index contributed by atoms with van der Waals surface area (Å²) in [5, 5.41) is 0. The molecule has 64 valence electrons. The van der Waals surface area contributed by atoms with Crippen LogP contribution in [0.1, 0.15) is 20.3 Å². The molecule has 0 fully saturated rings. The summed E-state index contributed by atoms with van der Waals surface area (Å²) in [6.07, 6.45) is 4.90. The molecule has 0 aliphatic heterocycles. The zero-order chi connectivity index (χ0) is 8.91. The Bertz CT molecular complexity index is 235. The van der Waals surface area contributed by atoms with Crippen LogP contribution in [0.2, 0.25) is 0 Å². The van der Waals surface area contributed by atoms with E-state index in [0.29, 0.717) is 6.42 Å². The second-order valence-corrected chi connectivity index (χ2v) is 3.89.